The second-order valence-corrected chi connectivity index (χ2v) is 6.57. The number of hydrogen-bond acceptors (Lipinski definition) is 4. The Labute approximate surface area is 157 Å². The van der Waals surface area contributed by atoms with Crippen molar-refractivity contribution in [3.05, 3.63) is 35.9 Å². The molecule has 0 aliphatic rings. The summed E-state index contributed by atoms with van der Waals surface area (Å²) >= 11 is 0. The maximum atomic E-state index is 12.7. The van der Waals surface area contributed by atoms with E-state index in [1.54, 1.807) is 11.8 Å². The van der Waals surface area contributed by atoms with Gasteiger partial charge in [0.1, 0.15) is 0 Å². The summed E-state index contributed by atoms with van der Waals surface area (Å²) in [6.07, 6.45) is 4.08. The Morgan fingerprint density at radius 3 is 2.46 bits per heavy atom. The first-order valence-electron chi connectivity index (χ1n) is 9.55. The van der Waals surface area contributed by atoms with Crippen molar-refractivity contribution >= 4 is 11.9 Å². The number of nitrogens with zero attached hydrogens (tertiary/aromatic N) is 1. The number of carbonyl (C=O) groups is 2. The second-order valence-electron chi connectivity index (χ2n) is 6.57. The molecule has 0 heterocycles. The van der Waals surface area contributed by atoms with Gasteiger partial charge >= 0.3 is 5.97 Å². The fraction of sp³-hybridized carbons (Fsp3) is 0.619. The van der Waals surface area contributed by atoms with Crippen LogP contribution in [0.4, 0.5) is 0 Å². The number of esters is 1. The van der Waals surface area contributed by atoms with E-state index in [4.69, 9.17) is 9.47 Å². The minimum Gasteiger partial charge on any atom is -0.469 e. The van der Waals surface area contributed by atoms with Gasteiger partial charge in [-0.15, -0.1) is 0 Å². The van der Waals surface area contributed by atoms with Crippen molar-refractivity contribution in [3.8, 4) is 0 Å². The molecule has 0 aromatic heterocycles. The summed E-state index contributed by atoms with van der Waals surface area (Å²) in [7, 11) is 1.38. The summed E-state index contributed by atoms with van der Waals surface area (Å²) in [5.41, 5.74) is 1.14. The Morgan fingerprint density at radius 1 is 1.12 bits per heavy atom. The van der Waals surface area contributed by atoms with Gasteiger partial charge in [-0.1, -0.05) is 50.6 Å². The molecule has 0 saturated carbocycles. The molecule has 0 aliphatic heterocycles. The molecule has 5 nitrogen and oxygen atoms in total. The van der Waals surface area contributed by atoms with Crippen LogP contribution in [0.1, 0.15) is 45.1 Å². The molecule has 26 heavy (non-hydrogen) atoms. The van der Waals surface area contributed by atoms with Gasteiger partial charge in [0, 0.05) is 32.7 Å². The Balaban J connectivity index is 2.51. The van der Waals surface area contributed by atoms with E-state index >= 15 is 0 Å². The number of methoxy groups -OCH3 is 1. The number of carbonyl (C=O) groups excluding carboxylic acids is 2. The summed E-state index contributed by atoms with van der Waals surface area (Å²) in [5, 5.41) is 0. The van der Waals surface area contributed by atoms with Gasteiger partial charge in [-0.25, -0.2) is 0 Å². The maximum Gasteiger partial charge on any atom is 0.310 e. The molecular weight excluding hydrogens is 330 g/mol. The highest BCUT2D eigenvalue weighted by Crippen LogP contribution is 2.09. The van der Waals surface area contributed by atoms with Crippen molar-refractivity contribution in [3.63, 3.8) is 0 Å². The van der Waals surface area contributed by atoms with Gasteiger partial charge in [0.2, 0.25) is 5.91 Å². The zero-order chi connectivity index (χ0) is 19.2. The number of benzene rings is 1. The van der Waals surface area contributed by atoms with Crippen LogP contribution in [0.15, 0.2) is 30.3 Å². The van der Waals surface area contributed by atoms with Gasteiger partial charge in [0.15, 0.2) is 0 Å². The largest absolute Gasteiger partial charge is 0.469 e. The highest BCUT2D eigenvalue weighted by atomic mass is 16.5. The van der Waals surface area contributed by atoms with Gasteiger partial charge in [0.25, 0.3) is 0 Å². The minimum absolute atomic E-state index is 0.0677. The highest BCUT2D eigenvalue weighted by molar-refractivity contribution is 5.78. The van der Waals surface area contributed by atoms with Crippen LogP contribution in [0.25, 0.3) is 0 Å². The predicted molar refractivity (Wildman–Crippen MR) is 103 cm³/mol. The van der Waals surface area contributed by atoms with Crippen LogP contribution in [-0.4, -0.2) is 50.2 Å². The average Bonchev–Trinajstić information content (AvgIpc) is 2.67. The van der Waals surface area contributed by atoms with Crippen molar-refractivity contribution < 1.29 is 19.1 Å². The third-order valence-corrected chi connectivity index (χ3v) is 4.28. The number of unbranched alkanes of at least 4 members (excludes halogenated alkanes) is 1. The van der Waals surface area contributed by atoms with Crippen LogP contribution in [0.2, 0.25) is 0 Å². The van der Waals surface area contributed by atoms with Crippen LogP contribution in [0.5, 0.6) is 0 Å². The lowest BCUT2D eigenvalue weighted by molar-refractivity contribution is -0.146. The maximum absolute atomic E-state index is 12.7. The molecule has 1 amide bonds. The van der Waals surface area contributed by atoms with E-state index in [0.717, 1.165) is 31.4 Å². The first-order valence-corrected chi connectivity index (χ1v) is 9.55. The van der Waals surface area contributed by atoms with Gasteiger partial charge in [-0.3, -0.25) is 9.59 Å². The quantitative estimate of drug-likeness (QED) is 0.398. The van der Waals surface area contributed by atoms with Gasteiger partial charge < -0.3 is 14.4 Å². The molecule has 146 valence electrons. The fourth-order valence-corrected chi connectivity index (χ4v) is 2.68. The summed E-state index contributed by atoms with van der Waals surface area (Å²) in [4.78, 5) is 26.1. The van der Waals surface area contributed by atoms with Crippen LogP contribution in [0, 0.1) is 5.92 Å². The minimum atomic E-state index is -0.332. The third-order valence-electron chi connectivity index (χ3n) is 4.28. The Morgan fingerprint density at radius 2 is 1.81 bits per heavy atom. The average molecular weight is 363 g/mol. The summed E-state index contributed by atoms with van der Waals surface area (Å²) in [6, 6.07) is 9.97. The fourth-order valence-electron chi connectivity index (χ4n) is 2.68. The molecule has 5 heteroatoms. The zero-order valence-electron chi connectivity index (χ0n) is 16.4. The smallest absolute Gasteiger partial charge is 0.310 e. The van der Waals surface area contributed by atoms with E-state index < -0.39 is 0 Å². The first kappa shape index (κ1) is 22.2. The van der Waals surface area contributed by atoms with Crippen LogP contribution < -0.4 is 0 Å². The predicted octanol–water partition coefficient (Wildman–Crippen LogP) is 3.46. The van der Waals surface area contributed by atoms with E-state index in [2.05, 4.69) is 6.92 Å². The molecule has 0 bridgehead atoms. The van der Waals surface area contributed by atoms with Crippen molar-refractivity contribution in [1.29, 1.82) is 0 Å². The lowest BCUT2D eigenvalue weighted by atomic mass is 10.1. The van der Waals surface area contributed by atoms with Crippen LogP contribution >= 0.6 is 0 Å². The van der Waals surface area contributed by atoms with Crippen molar-refractivity contribution in [2.75, 3.05) is 33.4 Å². The number of ether oxygens (including phenoxy) is 2. The van der Waals surface area contributed by atoms with E-state index in [1.807, 2.05) is 30.3 Å². The second kappa shape index (κ2) is 13.3. The van der Waals surface area contributed by atoms with E-state index in [0.29, 0.717) is 32.5 Å². The van der Waals surface area contributed by atoms with E-state index in [-0.39, 0.29) is 17.8 Å². The monoisotopic (exact) mass is 363 g/mol. The number of amides is 1. The van der Waals surface area contributed by atoms with Gasteiger partial charge in [0.05, 0.1) is 13.0 Å². The molecule has 0 radical (unpaired) electrons. The first-order chi connectivity index (χ1) is 12.6. The molecule has 0 saturated heterocycles. The van der Waals surface area contributed by atoms with Crippen molar-refractivity contribution in [2.24, 2.45) is 5.92 Å². The molecular formula is C21H33NO4. The third kappa shape index (κ3) is 8.99. The lowest BCUT2D eigenvalue weighted by Crippen LogP contribution is -2.38. The molecule has 1 atom stereocenters. The van der Waals surface area contributed by atoms with Crippen molar-refractivity contribution in [2.45, 2.75) is 46.0 Å². The lowest BCUT2D eigenvalue weighted by Gasteiger charge is -2.25. The summed E-state index contributed by atoms with van der Waals surface area (Å²) < 4.78 is 10.4. The zero-order valence-corrected chi connectivity index (χ0v) is 16.4. The van der Waals surface area contributed by atoms with Crippen LogP contribution in [0.3, 0.4) is 0 Å². The normalized spacial score (nSPS) is 11.8. The summed E-state index contributed by atoms with van der Waals surface area (Å²) in [6.45, 7) is 6.30. The number of aryl methyl sites for hydroxylation is 1. The molecule has 1 aromatic rings. The highest BCUT2D eigenvalue weighted by Gasteiger charge is 2.21. The summed E-state index contributed by atoms with van der Waals surface area (Å²) in [5.74, 6) is -0.551. The van der Waals surface area contributed by atoms with Crippen LogP contribution in [-0.2, 0) is 25.5 Å². The standard InChI is InChI=1S/C21H33NO4/c1-4-5-15-26-16-9-14-22(17-18(2)21(24)25-3)20(23)13-12-19-10-7-6-8-11-19/h6-8,10-11,18H,4-5,9,12-17H2,1-3H3. The number of hydrogen-bond donors (Lipinski definition) is 0. The SMILES string of the molecule is CCCCOCCCN(CC(C)C(=O)OC)C(=O)CCc1ccccc1. The van der Waals surface area contributed by atoms with E-state index in [9.17, 15) is 9.59 Å². The molecule has 1 rings (SSSR count). The Bertz CT molecular complexity index is 518. The van der Waals surface area contributed by atoms with Gasteiger partial charge in [-0.05, 0) is 24.8 Å². The molecule has 0 fully saturated rings. The molecule has 0 spiro atoms. The number of rotatable bonds is 13. The Kier molecular flexibility index (Phi) is 11.4. The molecule has 0 aliphatic carbocycles. The molecule has 1 unspecified atom stereocenters. The molecule has 1 aromatic carbocycles. The molecule has 0 N–H and O–H groups in total. The van der Waals surface area contributed by atoms with Crippen molar-refractivity contribution in [1.82, 2.24) is 4.90 Å². The topological polar surface area (TPSA) is 55.8 Å². The Hall–Kier alpha value is -1.88. The van der Waals surface area contributed by atoms with E-state index in [1.165, 1.54) is 7.11 Å². The van der Waals surface area contributed by atoms with Gasteiger partial charge in [-0.2, -0.15) is 0 Å².